The van der Waals surface area contributed by atoms with Crippen molar-refractivity contribution in [2.45, 2.75) is 25.4 Å². The summed E-state index contributed by atoms with van der Waals surface area (Å²) in [6, 6.07) is 15.5. The molecule has 1 amide bonds. The highest BCUT2D eigenvalue weighted by Gasteiger charge is 2.27. The molecule has 1 fully saturated rings. The van der Waals surface area contributed by atoms with Crippen LogP contribution in [0.5, 0.6) is 0 Å². The van der Waals surface area contributed by atoms with Crippen LogP contribution in [0.3, 0.4) is 0 Å². The minimum absolute atomic E-state index is 0.0611. The third-order valence-electron chi connectivity index (χ3n) is 5.78. The van der Waals surface area contributed by atoms with Gasteiger partial charge in [0.25, 0.3) is 5.56 Å². The van der Waals surface area contributed by atoms with E-state index in [2.05, 4.69) is 27.0 Å². The fourth-order valence-corrected chi connectivity index (χ4v) is 4.60. The molecule has 0 unspecified atom stereocenters. The summed E-state index contributed by atoms with van der Waals surface area (Å²) in [5.74, 6) is 0.199. The number of nitrogens with zero attached hydrogens (tertiary/aromatic N) is 3. The van der Waals surface area contributed by atoms with Crippen molar-refractivity contribution in [1.29, 1.82) is 0 Å². The molecular weight excluding hydrogens is 458 g/mol. The maximum Gasteiger partial charge on any atom is 0.410 e. The number of pyridine rings is 2. The van der Waals surface area contributed by atoms with Crippen LogP contribution in [0.1, 0.15) is 30.0 Å². The average molecular weight is 482 g/mol. The van der Waals surface area contributed by atoms with Crippen LogP contribution < -0.4 is 5.56 Å². The minimum Gasteiger partial charge on any atom is -0.445 e. The summed E-state index contributed by atoms with van der Waals surface area (Å²) in [6.07, 6.45) is 4.72. The van der Waals surface area contributed by atoms with Crippen molar-refractivity contribution in [2.75, 3.05) is 13.1 Å². The molecule has 1 aliphatic rings. The Kier molecular flexibility index (Phi) is 6.51. The van der Waals surface area contributed by atoms with E-state index in [4.69, 9.17) is 4.74 Å². The van der Waals surface area contributed by atoms with E-state index in [9.17, 15) is 9.59 Å². The zero-order chi connectivity index (χ0) is 21.8. The highest BCUT2D eigenvalue weighted by molar-refractivity contribution is 9.10. The normalized spacial score (nSPS) is 14.5. The molecule has 3 heterocycles. The maximum absolute atomic E-state index is 12.8. The molecule has 0 radical (unpaired) electrons. The number of halogens is 1. The number of rotatable bonds is 4. The van der Waals surface area contributed by atoms with Crippen molar-refractivity contribution in [3.05, 3.63) is 87.0 Å². The molecule has 1 aliphatic heterocycles. The molecule has 1 saturated heterocycles. The molecule has 0 saturated carbocycles. The summed E-state index contributed by atoms with van der Waals surface area (Å²) in [6.45, 7) is 1.48. The number of hydrogen-bond acceptors (Lipinski definition) is 4. The summed E-state index contributed by atoms with van der Waals surface area (Å²) in [7, 11) is 1.80. The van der Waals surface area contributed by atoms with Gasteiger partial charge in [-0.25, -0.2) is 4.79 Å². The third-order valence-corrected chi connectivity index (χ3v) is 6.54. The van der Waals surface area contributed by atoms with Gasteiger partial charge < -0.3 is 14.2 Å². The summed E-state index contributed by atoms with van der Waals surface area (Å²) in [5, 5.41) is 0. The number of likely N-dealkylation sites (tertiary alicyclic amines) is 1. The van der Waals surface area contributed by atoms with E-state index in [0.717, 1.165) is 35.2 Å². The van der Waals surface area contributed by atoms with Gasteiger partial charge >= 0.3 is 6.09 Å². The monoisotopic (exact) mass is 481 g/mol. The van der Waals surface area contributed by atoms with Gasteiger partial charge in [0.2, 0.25) is 0 Å². The molecule has 6 nitrogen and oxygen atoms in total. The smallest absolute Gasteiger partial charge is 0.410 e. The van der Waals surface area contributed by atoms with E-state index in [1.807, 2.05) is 42.5 Å². The molecule has 2 aromatic heterocycles. The number of aromatic nitrogens is 2. The second-order valence-corrected chi connectivity index (χ2v) is 8.49. The Balaban J connectivity index is 1.45. The van der Waals surface area contributed by atoms with Gasteiger partial charge in [0.15, 0.2) is 0 Å². The maximum atomic E-state index is 12.8. The molecule has 0 atom stereocenters. The highest BCUT2D eigenvalue weighted by atomic mass is 79.9. The van der Waals surface area contributed by atoms with Crippen molar-refractivity contribution in [3.8, 4) is 11.1 Å². The number of benzene rings is 1. The second kappa shape index (κ2) is 9.47. The Morgan fingerprint density at radius 3 is 2.48 bits per heavy atom. The molecule has 31 heavy (non-hydrogen) atoms. The SMILES string of the molecule is Cn1c(C2CCN(C(=O)OCc3ccccc3)CC2)cc(-c2ccncc2)c(Br)c1=O. The van der Waals surface area contributed by atoms with E-state index < -0.39 is 0 Å². The van der Waals surface area contributed by atoms with E-state index in [1.165, 1.54) is 0 Å². The average Bonchev–Trinajstić information content (AvgIpc) is 2.82. The van der Waals surface area contributed by atoms with Crippen molar-refractivity contribution in [2.24, 2.45) is 7.05 Å². The summed E-state index contributed by atoms with van der Waals surface area (Å²) in [4.78, 5) is 31.1. The van der Waals surface area contributed by atoms with Crippen molar-refractivity contribution in [1.82, 2.24) is 14.5 Å². The van der Waals surface area contributed by atoms with Crippen LogP contribution in [-0.2, 0) is 18.4 Å². The summed E-state index contributed by atoms with van der Waals surface area (Å²) < 4.78 is 7.72. The van der Waals surface area contributed by atoms with Gasteiger partial charge in [0, 0.05) is 49.7 Å². The van der Waals surface area contributed by atoms with Gasteiger partial charge in [0.05, 0.1) is 4.47 Å². The van der Waals surface area contributed by atoms with Gasteiger partial charge in [-0.2, -0.15) is 0 Å². The zero-order valence-corrected chi connectivity index (χ0v) is 18.9. The van der Waals surface area contributed by atoms with Crippen molar-refractivity contribution in [3.63, 3.8) is 0 Å². The Morgan fingerprint density at radius 1 is 1.13 bits per heavy atom. The molecular formula is C24H24BrN3O3. The van der Waals surface area contributed by atoms with Gasteiger partial charge in [-0.15, -0.1) is 0 Å². The van der Waals surface area contributed by atoms with Gasteiger partial charge in [-0.3, -0.25) is 9.78 Å². The van der Waals surface area contributed by atoms with Gasteiger partial charge in [-0.1, -0.05) is 30.3 Å². The molecule has 0 aliphatic carbocycles. The van der Waals surface area contributed by atoms with Crippen molar-refractivity contribution >= 4 is 22.0 Å². The largest absolute Gasteiger partial charge is 0.445 e. The lowest BCUT2D eigenvalue weighted by Gasteiger charge is -2.32. The van der Waals surface area contributed by atoms with E-state index >= 15 is 0 Å². The fourth-order valence-electron chi connectivity index (χ4n) is 3.99. The first-order valence-electron chi connectivity index (χ1n) is 10.3. The van der Waals surface area contributed by atoms with Crippen LogP contribution >= 0.6 is 15.9 Å². The first-order valence-corrected chi connectivity index (χ1v) is 11.1. The van der Waals surface area contributed by atoms with Crippen LogP contribution in [0, 0.1) is 0 Å². The number of piperidine rings is 1. The molecule has 0 bridgehead atoms. The van der Waals surface area contributed by atoms with Crippen LogP contribution in [0.25, 0.3) is 11.1 Å². The second-order valence-electron chi connectivity index (χ2n) is 7.70. The Labute approximate surface area is 189 Å². The molecule has 4 rings (SSSR count). The highest BCUT2D eigenvalue weighted by Crippen LogP contribution is 2.33. The lowest BCUT2D eigenvalue weighted by molar-refractivity contribution is 0.0866. The Morgan fingerprint density at radius 2 is 1.81 bits per heavy atom. The Bertz CT molecular complexity index is 1110. The van der Waals surface area contributed by atoms with Crippen LogP contribution in [0.4, 0.5) is 4.79 Å². The van der Waals surface area contributed by atoms with Crippen LogP contribution in [0.2, 0.25) is 0 Å². The van der Waals surface area contributed by atoms with E-state index in [0.29, 0.717) is 17.6 Å². The Hall–Kier alpha value is -2.93. The predicted molar refractivity (Wildman–Crippen MR) is 123 cm³/mol. The topological polar surface area (TPSA) is 64.4 Å². The van der Waals surface area contributed by atoms with Crippen LogP contribution in [0.15, 0.2) is 70.2 Å². The van der Waals surface area contributed by atoms with Gasteiger partial charge in [-0.05, 0) is 58.1 Å². The molecule has 3 aromatic rings. The predicted octanol–water partition coefficient (Wildman–Crippen LogP) is 4.73. The first-order chi connectivity index (χ1) is 15.0. The molecule has 1 aromatic carbocycles. The zero-order valence-electron chi connectivity index (χ0n) is 17.3. The lowest BCUT2D eigenvalue weighted by Crippen LogP contribution is -2.39. The van der Waals surface area contributed by atoms with Crippen LogP contribution in [-0.4, -0.2) is 33.6 Å². The number of ether oxygens (including phenoxy) is 1. The number of carbonyl (C=O) groups excluding carboxylic acids is 1. The van der Waals surface area contributed by atoms with E-state index in [1.54, 1.807) is 28.9 Å². The minimum atomic E-state index is -0.288. The standard InChI is InChI=1S/C24H24BrN3O3/c1-27-21(15-20(22(25)23(27)29)18-7-11-26-12-8-18)19-9-13-28(14-10-19)24(30)31-16-17-5-3-2-4-6-17/h2-8,11-12,15,19H,9-10,13-14,16H2,1H3. The fraction of sp³-hybridized carbons (Fsp3) is 0.292. The molecule has 0 spiro atoms. The van der Waals surface area contributed by atoms with E-state index in [-0.39, 0.29) is 24.2 Å². The summed E-state index contributed by atoms with van der Waals surface area (Å²) >= 11 is 3.47. The summed E-state index contributed by atoms with van der Waals surface area (Å²) in [5.41, 5.74) is 3.71. The quantitative estimate of drug-likeness (QED) is 0.540. The number of hydrogen-bond donors (Lipinski definition) is 0. The van der Waals surface area contributed by atoms with Crippen molar-refractivity contribution < 1.29 is 9.53 Å². The molecule has 0 N–H and O–H groups in total. The first kappa shape index (κ1) is 21.3. The molecule has 160 valence electrons. The lowest BCUT2D eigenvalue weighted by atomic mass is 9.91. The van der Waals surface area contributed by atoms with Gasteiger partial charge in [0.1, 0.15) is 6.61 Å². The number of amides is 1. The molecule has 7 heteroatoms. The third kappa shape index (κ3) is 4.71. The number of carbonyl (C=O) groups is 1.